The Kier molecular flexibility index (Phi) is 8.64. The van der Waals surface area contributed by atoms with E-state index >= 15 is 0 Å². The lowest BCUT2D eigenvalue weighted by atomic mass is 10.0. The first-order valence-electron chi connectivity index (χ1n) is 15.6. The van der Waals surface area contributed by atoms with Gasteiger partial charge in [0.05, 0.1) is 17.7 Å². The molecule has 1 heterocycles. The molecule has 2 aromatic carbocycles. The number of alkyl halides is 2. The van der Waals surface area contributed by atoms with Gasteiger partial charge >= 0.3 is 6.09 Å². The van der Waals surface area contributed by atoms with Crippen LogP contribution in [0, 0.1) is 11.8 Å². The van der Waals surface area contributed by atoms with Crippen molar-refractivity contribution in [2.75, 3.05) is 6.54 Å². The molecule has 2 aromatic rings. The van der Waals surface area contributed by atoms with E-state index in [-0.39, 0.29) is 13.0 Å². The summed E-state index contributed by atoms with van der Waals surface area (Å²) in [6, 6.07) is 12.5. The van der Waals surface area contributed by atoms with Crippen LogP contribution in [0.3, 0.4) is 0 Å². The number of nitrogens with zero attached hydrogens (tertiary/aromatic N) is 2. The Morgan fingerprint density at radius 1 is 1.00 bits per heavy atom. The van der Waals surface area contributed by atoms with Crippen LogP contribution in [0.25, 0.3) is 11.1 Å². The second-order valence-electron chi connectivity index (χ2n) is 13.0. The number of benzene rings is 2. The van der Waals surface area contributed by atoms with Crippen molar-refractivity contribution in [3.05, 3.63) is 59.7 Å². The highest BCUT2D eigenvalue weighted by molar-refractivity contribution is 7.91. The van der Waals surface area contributed by atoms with E-state index in [4.69, 9.17) is 4.84 Å². The zero-order valence-electron chi connectivity index (χ0n) is 26.1. The van der Waals surface area contributed by atoms with Gasteiger partial charge in [0.25, 0.3) is 5.91 Å². The van der Waals surface area contributed by atoms with E-state index in [1.54, 1.807) is 13.8 Å². The topological polar surface area (TPSA) is 184 Å². The molecule has 4 N–H and O–H groups in total. The highest BCUT2D eigenvalue weighted by Crippen LogP contribution is 2.48. The van der Waals surface area contributed by atoms with Gasteiger partial charge in [-0.1, -0.05) is 67.5 Å². The molecule has 3 aliphatic carbocycles. The van der Waals surface area contributed by atoms with Crippen LogP contribution in [0.15, 0.2) is 53.7 Å². The second-order valence-corrected chi connectivity index (χ2v) is 14.9. The summed E-state index contributed by atoms with van der Waals surface area (Å²) in [4.78, 5) is 59.3. The van der Waals surface area contributed by atoms with E-state index in [2.05, 4.69) is 15.8 Å². The van der Waals surface area contributed by atoms with Crippen molar-refractivity contribution in [1.29, 1.82) is 0 Å². The molecule has 48 heavy (non-hydrogen) atoms. The number of likely N-dealkylation sites (tertiary alicyclic amines) is 1. The van der Waals surface area contributed by atoms with E-state index < -0.39 is 87.5 Å². The molecular formula is C32H35F2N5O8S. The summed E-state index contributed by atoms with van der Waals surface area (Å²) in [5, 5.41) is 17.5. The molecule has 4 aliphatic rings. The molecule has 0 bridgehead atoms. The van der Waals surface area contributed by atoms with E-state index in [1.807, 2.05) is 53.3 Å². The summed E-state index contributed by atoms with van der Waals surface area (Å²) < 4.78 is 54.6. The molecular weight excluding hydrogens is 652 g/mol. The number of halogens is 2. The molecule has 5 atom stereocenters. The third-order valence-electron chi connectivity index (χ3n) is 9.28. The summed E-state index contributed by atoms with van der Waals surface area (Å²) in [7, 11) is -4.12. The summed E-state index contributed by atoms with van der Waals surface area (Å²) in [6.45, 7) is 3.00. The minimum atomic E-state index is -4.12. The molecule has 0 unspecified atom stereocenters. The lowest BCUT2D eigenvalue weighted by Crippen LogP contribution is -2.59. The first-order valence-corrected chi connectivity index (χ1v) is 17.2. The van der Waals surface area contributed by atoms with Gasteiger partial charge in [0.1, 0.15) is 29.4 Å². The van der Waals surface area contributed by atoms with Crippen LogP contribution in [-0.4, -0.2) is 89.9 Å². The van der Waals surface area contributed by atoms with Gasteiger partial charge in [-0.05, 0) is 36.3 Å². The number of amides is 4. The van der Waals surface area contributed by atoms with E-state index in [9.17, 15) is 41.5 Å². The Bertz CT molecular complexity index is 1750. The van der Waals surface area contributed by atoms with Gasteiger partial charge < -0.3 is 25.5 Å². The maximum Gasteiger partial charge on any atom is 0.405 e. The SMILES string of the molecule is CC(C)[C@H](NC(=O)O)C(=O)N1C[C@H](ON=C2c3ccccc3-c3ccccc32)C[C@H]1C(=O)N[C@@]1(C(=O)NS(=O)(=O)C2CC2)C[C@H]1C(F)F. The Balaban J connectivity index is 1.27. The van der Waals surface area contributed by atoms with Crippen LogP contribution in [0.4, 0.5) is 13.6 Å². The fraction of sp³-hybridized carbons (Fsp3) is 0.469. The Labute approximate surface area is 275 Å². The summed E-state index contributed by atoms with van der Waals surface area (Å²) >= 11 is 0. The fourth-order valence-electron chi connectivity index (χ4n) is 6.45. The van der Waals surface area contributed by atoms with Crippen LogP contribution < -0.4 is 15.4 Å². The maximum atomic E-state index is 13.9. The van der Waals surface area contributed by atoms with Crippen molar-refractivity contribution in [2.24, 2.45) is 17.0 Å². The zero-order valence-corrected chi connectivity index (χ0v) is 26.9. The third-order valence-corrected chi connectivity index (χ3v) is 11.1. The minimum Gasteiger partial charge on any atom is -0.465 e. The molecule has 13 nitrogen and oxygen atoms in total. The summed E-state index contributed by atoms with van der Waals surface area (Å²) in [5.41, 5.74) is 1.83. The average Bonchev–Trinajstić information content (AvgIpc) is 3.95. The van der Waals surface area contributed by atoms with Crippen LogP contribution in [0.1, 0.15) is 50.7 Å². The van der Waals surface area contributed by atoms with Crippen LogP contribution in [0.5, 0.6) is 0 Å². The normalized spacial score (nSPS) is 24.8. The van der Waals surface area contributed by atoms with Gasteiger partial charge in [-0.3, -0.25) is 19.1 Å². The molecule has 4 amide bonds. The number of carbonyl (C=O) groups excluding carboxylic acids is 3. The summed E-state index contributed by atoms with van der Waals surface area (Å²) in [6.07, 6.45) is -5.44. The molecule has 0 aromatic heterocycles. The molecule has 0 radical (unpaired) electrons. The number of oxime groups is 1. The first-order chi connectivity index (χ1) is 22.7. The number of nitrogens with one attached hydrogen (secondary N) is 3. The van der Waals surface area contributed by atoms with Crippen molar-refractivity contribution in [3.63, 3.8) is 0 Å². The van der Waals surface area contributed by atoms with Crippen LogP contribution in [0.2, 0.25) is 0 Å². The number of hydrogen-bond acceptors (Lipinski definition) is 8. The van der Waals surface area contributed by atoms with Crippen molar-refractivity contribution >= 4 is 39.5 Å². The number of rotatable bonds is 11. The third kappa shape index (κ3) is 6.20. The highest BCUT2D eigenvalue weighted by atomic mass is 32.2. The van der Waals surface area contributed by atoms with Crippen molar-refractivity contribution in [1.82, 2.24) is 20.3 Å². The highest BCUT2D eigenvalue weighted by Gasteiger charge is 2.66. The molecule has 1 saturated heterocycles. The van der Waals surface area contributed by atoms with Gasteiger partial charge in [0, 0.05) is 17.5 Å². The molecule has 6 rings (SSSR count). The van der Waals surface area contributed by atoms with Crippen LogP contribution in [-0.2, 0) is 29.2 Å². The van der Waals surface area contributed by atoms with Gasteiger partial charge in [-0.25, -0.2) is 22.0 Å². The molecule has 16 heteroatoms. The Morgan fingerprint density at radius 3 is 2.08 bits per heavy atom. The summed E-state index contributed by atoms with van der Waals surface area (Å²) in [5.74, 6) is -5.22. The van der Waals surface area contributed by atoms with Crippen molar-refractivity contribution in [2.45, 2.75) is 74.9 Å². The number of hydrogen-bond donors (Lipinski definition) is 4. The number of fused-ring (bicyclic) bond motifs is 3. The number of carboxylic acid groups (broad SMARTS) is 1. The molecule has 2 saturated carbocycles. The monoisotopic (exact) mass is 687 g/mol. The lowest BCUT2D eigenvalue weighted by Gasteiger charge is -2.30. The smallest absolute Gasteiger partial charge is 0.405 e. The molecule has 3 fully saturated rings. The first kappa shape index (κ1) is 33.3. The predicted octanol–water partition coefficient (Wildman–Crippen LogP) is 2.45. The van der Waals surface area contributed by atoms with E-state index in [1.165, 1.54) is 0 Å². The Hall–Kier alpha value is -4.60. The Morgan fingerprint density at radius 2 is 1.58 bits per heavy atom. The molecule has 1 aliphatic heterocycles. The quantitative estimate of drug-likeness (QED) is 0.222. The standard InChI is InChI=1S/C32H35F2N5O8S/c1-16(2)25(35-31(43)44)29(41)39-15-17(47-37-26-21-9-5-3-7-19(21)20-8-4-6-10-22(20)26)13-24(39)28(40)36-32(14-23(32)27(33)34)30(42)38-48(45,46)18-11-12-18/h3-10,16-18,23-25,27,35H,11-15H2,1-2H3,(H,36,40)(H,38,42)(H,43,44)/t17-,23+,24+,25+,32+/m1/s1. The lowest BCUT2D eigenvalue weighted by molar-refractivity contribution is -0.142. The minimum absolute atomic E-state index is 0.174. The van der Waals surface area contributed by atoms with Crippen molar-refractivity contribution in [3.8, 4) is 11.1 Å². The van der Waals surface area contributed by atoms with Gasteiger partial charge in [-0.2, -0.15) is 0 Å². The van der Waals surface area contributed by atoms with Gasteiger partial charge in [-0.15, -0.1) is 0 Å². The van der Waals surface area contributed by atoms with Gasteiger partial charge in [0.2, 0.25) is 28.3 Å². The fourth-order valence-corrected chi connectivity index (χ4v) is 7.81. The van der Waals surface area contributed by atoms with Crippen molar-refractivity contribution < 1.29 is 46.3 Å². The van der Waals surface area contributed by atoms with Crippen LogP contribution >= 0.6 is 0 Å². The van der Waals surface area contributed by atoms with E-state index in [0.29, 0.717) is 18.6 Å². The molecule has 256 valence electrons. The average molecular weight is 688 g/mol. The largest absolute Gasteiger partial charge is 0.465 e. The number of sulfonamides is 1. The van der Waals surface area contributed by atoms with Gasteiger partial charge in [0.15, 0.2) is 0 Å². The zero-order chi connectivity index (χ0) is 34.5. The number of carbonyl (C=O) groups is 4. The molecule has 0 spiro atoms. The van der Waals surface area contributed by atoms with E-state index in [0.717, 1.165) is 27.2 Å². The second kappa shape index (κ2) is 12.5. The maximum absolute atomic E-state index is 13.9. The predicted molar refractivity (Wildman–Crippen MR) is 167 cm³/mol.